The van der Waals surface area contributed by atoms with E-state index in [0.29, 0.717) is 0 Å². The molecule has 0 rings (SSSR count). The van der Waals surface area contributed by atoms with Crippen molar-refractivity contribution >= 4 is 11.9 Å². The fourth-order valence-electron chi connectivity index (χ4n) is 0.309. The van der Waals surface area contributed by atoms with E-state index in [-0.39, 0.29) is 5.57 Å². The van der Waals surface area contributed by atoms with Gasteiger partial charge in [0.1, 0.15) is 0 Å². The van der Waals surface area contributed by atoms with Gasteiger partial charge >= 0.3 is 5.97 Å². The molecule has 0 aliphatic heterocycles. The number of carbonyl (C=O) groups is 2. The second kappa shape index (κ2) is 8.21. The van der Waals surface area contributed by atoms with Gasteiger partial charge in [0.15, 0.2) is 0 Å². The summed E-state index contributed by atoms with van der Waals surface area (Å²) in [5.41, 5.74) is 0.144. The van der Waals surface area contributed by atoms with E-state index in [1.165, 1.54) is 6.92 Å². The highest BCUT2D eigenvalue weighted by molar-refractivity contribution is 5.94. The lowest BCUT2D eigenvalue weighted by Crippen LogP contribution is -2.40. The van der Waals surface area contributed by atoms with E-state index in [2.05, 4.69) is 11.3 Å². The summed E-state index contributed by atoms with van der Waals surface area (Å²) in [5, 5.41) is 18.5. The van der Waals surface area contributed by atoms with E-state index in [1.807, 2.05) is 0 Å². The molecule has 0 spiro atoms. The highest BCUT2D eigenvalue weighted by Gasteiger charge is 2.15. The van der Waals surface area contributed by atoms with Crippen molar-refractivity contribution in [1.82, 2.24) is 5.32 Å². The maximum absolute atomic E-state index is 10.6. The number of carbonyl (C=O) groups excluding carboxylic acids is 1. The number of rotatable bonds is 3. The number of amides is 1. The molecule has 0 aromatic carbocycles. The van der Waals surface area contributed by atoms with E-state index in [0.717, 1.165) is 0 Å². The Morgan fingerprint density at radius 3 is 2.00 bits per heavy atom. The van der Waals surface area contributed by atoms with Crippen LogP contribution in [0.1, 0.15) is 6.92 Å². The van der Waals surface area contributed by atoms with Gasteiger partial charge in [-0.25, -0.2) is 4.79 Å². The molecule has 0 aromatic rings. The molecular formula is C8H15NO5. The molecular weight excluding hydrogens is 190 g/mol. The molecule has 0 saturated carbocycles. The normalized spacial score (nSPS) is 10.6. The summed E-state index contributed by atoms with van der Waals surface area (Å²) in [4.78, 5) is 20.6. The largest absolute Gasteiger partial charge is 0.478 e. The number of carboxylic acid groups (broad SMARTS) is 1. The van der Waals surface area contributed by atoms with Crippen LogP contribution in [0.25, 0.3) is 0 Å². The molecule has 14 heavy (non-hydrogen) atoms. The smallest absolute Gasteiger partial charge is 0.353 e. The van der Waals surface area contributed by atoms with Gasteiger partial charge in [-0.3, -0.25) is 4.79 Å². The number of aliphatic carboxylic acids is 1. The number of methoxy groups -OCH3 is 1. The van der Waals surface area contributed by atoms with Crippen molar-refractivity contribution in [3.63, 3.8) is 0 Å². The van der Waals surface area contributed by atoms with Gasteiger partial charge in [-0.05, 0) is 6.92 Å². The molecule has 6 nitrogen and oxygen atoms in total. The van der Waals surface area contributed by atoms with E-state index < -0.39 is 18.1 Å². The van der Waals surface area contributed by atoms with E-state index >= 15 is 0 Å². The second-order valence-corrected chi connectivity index (χ2v) is 2.40. The van der Waals surface area contributed by atoms with Crippen molar-refractivity contribution in [1.29, 1.82) is 0 Å². The van der Waals surface area contributed by atoms with Crippen LogP contribution in [0.5, 0.6) is 0 Å². The van der Waals surface area contributed by atoms with Crippen LogP contribution in [-0.4, -0.2) is 42.5 Å². The molecule has 1 unspecified atom stereocenters. The molecule has 82 valence electrons. The van der Waals surface area contributed by atoms with Crippen LogP contribution in [0.3, 0.4) is 0 Å². The minimum atomic E-state index is -1.86. The first kappa shape index (κ1) is 15.1. The van der Waals surface area contributed by atoms with Gasteiger partial charge in [0.05, 0.1) is 0 Å². The summed E-state index contributed by atoms with van der Waals surface area (Å²) in [6.45, 7) is 4.66. The molecule has 0 heterocycles. The van der Waals surface area contributed by atoms with Crippen LogP contribution in [0.2, 0.25) is 0 Å². The van der Waals surface area contributed by atoms with Gasteiger partial charge in [-0.15, -0.1) is 0 Å². The number of nitrogens with one attached hydrogen (secondary N) is 1. The summed E-state index contributed by atoms with van der Waals surface area (Å²) in [5.74, 6) is -2.18. The lowest BCUT2D eigenvalue weighted by Gasteiger charge is -2.06. The first-order valence-electron chi connectivity index (χ1n) is 3.64. The van der Waals surface area contributed by atoms with Crippen molar-refractivity contribution in [2.45, 2.75) is 13.2 Å². The van der Waals surface area contributed by atoms with Crippen LogP contribution < -0.4 is 5.32 Å². The third-order valence-corrected chi connectivity index (χ3v) is 0.889. The Morgan fingerprint density at radius 1 is 1.43 bits per heavy atom. The second-order valence-electron chi connectivity index (χ2n) is 2.40. The fourth-order valence-corrected chi connectivity index (χ4v) is 0.309. The first-order chi connectivity index (χ1) is 6.36. The summed E-state index contributed by atoms with van der Waals surface area (Å²) in [6, 6.07) is 0. The van der Waals surface area contributed by atoms with Gasteiger partial charge in [0.25, 0.3) is 0 Å². The van der Waals surface area contributed by atoms with Crippen LogP contribution in [0.15, 0.2) is 12.2 Å². The van der Waals surface area contributed by atoms with Crippen LogP contribution in [-0.2, 0) is 14.3 Å². The minimum absolute atomic E-state index is 0.144. The average Bonchev–Trinajstić information content (AvgIpc) is 2.05. The zero-order valence-electron chi connectivity index (χ0n) is 8.40. The zero-order chi connectivity index (χ0) is 11.7. The molecule has 3 N–H and O–H groups in total. The van der Waals surface area contributed by atoms with Gasteiger partial charge in [-0.2, -0.15) is 0 Å². The van der Waals surface area contributed by atoms with E-state index in [9.17, 15) is 9.59 Å². The van der Waals surface area contributed by atoms with Crippen molar-refractivity contribution in [2.75, 3.05) is 14.2 Å². The summed E-state index contributed by atoms with van der Waals surface area (Å²) >= 11 is 0. The molecule has 0 fully saturated rings. The number of hydrogen-bond acceptors (Lipinski definition) is 4. The van der Waals surface area contributed by atoms with Crippen LogP contribution in [0.4, 0.5) is 0 Å². The maximum Gasteiger partial charge on any atom is 0.353 e. The summed E-state index contributed by atoms with van der Waals surface area (Å²) in [6.07, 6.45) is -1.86. The van der Waals surface area contributed by atoms with Crippen LogP contribution >= 0.6 is 0 Å². The fraction of sp³-hybridized carbons (Fsp3) is 0.500. The Balaban J connectivity index is 0. The standard InChI is InChI=1S/C6H9NO4.C2H6O/c1-3(2)4(8)7-5(9)6(10)11;1-3-2/h5,9H,1H2,2H3,(H,7,8)(H,10,11);1-2H3. The van der Waals surface area contributed by atoms with Gasteiger partial charge in [-0.1, -0.05) is 6.58 Å². The predicted molar refractivity (Wildman–Crippen MR) is 49.5 cm³/mol. The highest BCUT2D eigenvalue weighted by atomic mass is 16.4. The van der Waals surface area contributed by atoms with Crippen molar-refractivity contribution in [2.24, 2.45) is 0 Å². The summed E-state index contributed by atoms with van der Waals surface area (Å²) < 4.78 is 4.25. The highest BCUT2D eigenvalue weighted by Crippen LogP contribution is 1.87. The Morgan fingerprint density at radius 2 is 1.79 bits per heavy atom. The van der Waals surface area contributed by atoms with Crippen molar-refractivity contribution in [3.05, 3.63) is 12.2 Å². The number of ether oxygens (including phenoxy) is 1. The Bertz CT molecular complexity index is 214. The lowest BCUT2D eigenvalue weighted by molar-refractivity contribution is -0.150. The molecule has 0 aliphatic carbocycles. The monoisotopic (exact) mass is 205 g/mol. The molecule has 0 bridgehead atoms. The molecule has 0 aromatic heterocycles. The Kier molecular flexibility index (Phi) is 8.85. The van der Waals surface area contributed by atoms with Gasteiger partial charge < -0.3 is 20.3 Å². The third-order valence-electron chi connectivity index (χ3n) is 0.889. The zero-order valence-corrected chi connectivity index (χ0v) is 8.40. The molecule has 6 heteroatoms. The van der Waals surface area contributed by atoms with Crippen molar-refractivity contribution < 1.29 is 24.5 Å². The SMILES string of the molecule is C=C(C)C(=O)NC(O)C(=O)O.COC. The number of aliphatic hydroxyl groups excluding tert-OH is 1. The van der Waals surface area contributed by atoms with Crippen molar-refractivity contribution in [3.8, 4) is 0 Å². The minimum Gasteiger partial charge on any atom is -0.478 e. The molecule has 1 atom stereocenters. The average molecular weight is 205 g/mol. The number of hydrogen-bond donors (Lipinski definition) is 3. The molecule has 0 saturated heterocycles. The Labute approximate surface area is 82.2 Å². The van der Waals surface area contributed by atoms with Gasteiger partial charge in [0, 0.05) is 19.8 Å². The molecule has 1 amide bonds. The lowest BCUT2D eigenvalue weighted by atomic mass is 10.3. The predicted octanol–water partition coefficient (Wildman–Crippen LogP) is -0.656. The Hall–Kier alpha value is -1.40. The molecule has 0 aliphatic rings. The quantitative estimate of drug-likeness (QED) is 0.420. The number of carboxylic acids is 1. The summed E-state index contributed by atoms with van der Waals surface area (Å²) in [7, 11) is 3.25. The van der Waals surface area contributed by atoms with Crippen LogP contribution in [0, 0.1) is 0 Å². The molecule has 0 radical (unpaired) electrons. The maximum atomic E-state index is 10.6. The van der Waals surface area contributed by atoms with E-state index in [4.69, 9.17) is 10.2 Å². The van der Waals surface area contributed by atoms with Gasteiger partial charge in [0.2, 0.25) is 12.1 Å². The number of aliphatic hydroxyl groups is 1. The van der Waals surface area contributed by atoms with E-state index in [1.54, 1.807) is 19.5 Å². The topological polar surface area (TPSA) is 95.9 Å². The third kappa shape index (κ3) is 8.69. The first-order valence-corrected chi connectivity index (χ1v) is 3.64.